The molecule has 0 aromatic heterocycles. The fraction of sp³-hybridized carbons (Fsp3) is 0.0385. The number of nitriles is 1. The topological polar surface area (TPSA) is 49.8 Å². The molecule has 0 heterocycles. The number of thiol groups is 1. The van der Waals surface area contributed by atoms with Crippen molar-refractivity contribution >= 4 is 41.1 Å². The van der Waals surface area contributed by atoms with Crippen molar-refractivity contribution in [1.29, 1.82) is 5.26 Å². The molecule has 4 aromatic carbocycles. The van der Waals surface area contributed by atoms with E-state index in [0.717, 1.165) is 5.56 Å². The van der Waals surface area contributed by atoms with Crippen LogP contribution in [0.1, 0.15) is 5.56 Å². The van der Waals surface area contributed by atoms with Crippen molar-refractivity contribution < 1.29 is 0 Å². The van der Waals surface area contributed by atoms with Gasteiger partial charge in [-0.15, -0.1) is 0 Å². The fourth-order valence-electron chi connectivity index (χ4n) is 3.96. The molecule has 4 heteroatoms. The van der Waals surface area contributed by atoms with E-state index in [1.54, 1.807) is 0 Å². The van der Waals surface area contributed by atoms with Crippen molar-refractivity contribution in [2.75, 3.05) is 0 Å². The van der Waals surface area contributed by atoms with Crippen LogP contribution in [0.15, 0.2) is 115 Å². The third-order valence-electron chi connectivity index (χ3n) is 5.24. The first-order valence-electron chi connectivity index (χ1n) is 9.76. The van der Waals surface area contributed by atoms with Crippen LogP contribution in [0.3, 0.4) is 0 Å². The Morgan fingerprint density at radius 2 is 0.900 bits per heavy atom. The van der Waals surface area contributed by atoms with Gasteiger partial charge in [0.1, 0.15) is 5.40 Å². The van der Waals surface area contributed by atoms with Crippen molar-refractivity contribution in [3.8, 4) is 5.40 Å². The normalized spacial score (nSPS) is 11.0. The number of hydrogen-bond acceptors (Lipinski definition) is 3. The van der Waals surface area contributed by atoms with E-state index in [1.165, 1.54) is 26.6 Å². The van der Waals surface area contributed by atoms with Gasteiger partial charge in [-0.1, -0.05) is 12.6 Å². The Hall–Kier alpha value is -2.89. The van der Waals surface area contributed by atoms with E-state index < -0.39 is 7.26 Å². The molecule has 0 aliphatic carbocycles. The molecule has 0 spiro atoms. The van der Waals surface area contributed by atoms with Gasteiger partial charge >= 0.3 is 162 Å². The molecule has 0 saturated heterocycles. The van der Waals surface area contributed by atoms with Crippen LogP contribution in [0.2, 0.25) is 0 Å². The zero-order chi connectivity index (χ0) is 21.2. The predicted octanol–water partition coefficient (Wildman–Crippen LogP) is 3.89. The van der Waals surface area contributed by atoms with Gasteiger partial charge in [0.25, 0.3) is 0 Å². The van der Waals surface area contributed by atoms with E-state index in [4.69, 9.17) is 11.0 Å². The monoisotopic (exact) mass is 428 g/mol. The summed E-state index contributed by atoms with van der Waals surface area (Å²) in [6, 6.07) is 41.8. The molecule has 0 aliphatic rings. The number of benzene rings is 4. The van der Waals surface area contributed by atoms with Crippen LogP contribution in [0.5, 0.6) is 0 Å². The Bertz CT molecular complexity index is 980. The van der Waals surface area contributed by atoms with E-state index >= 15 is 0 Å². The number of nitrogens with two attached hydrogens (primary N) is 1. The Morgan fingerprint density at radius 3 is 1.20 bits per heavy atom. The van der Waals surface area contributed by atoms with E-state index in [9.17, 15) is 0 Å². The maximum atomic E-state index is 7.18. The van der Waals surface area contributed by atoms with Gasteiger partial charge in [0, 0.05) is 0 Å². The van der Waals surface area contributed by atoms with Crippen LogP contribution in [-0.2, 0) is 6.54 Å². The second-order valence-electron chi connectivity index (χ2n) is 6.85. The quantitative estimate of drug-likeness (QED) is 0.288. The third-order valence-corrected chi connectivity index (χ3v) is 10.0. The molecule has 150 valence electrons. The van der Waals surface area contributed by atoms with Crippen molar-refractivity contribution in [3.05, 3.63) is 121 Å². The molecule has 0 bridgehead atoms. The van der Waals surface area contributed by atoms with Gasteiger partial charge in [-0.2, -0.15) is 5.26 Å². The zero-order valence-electron chi connectivity index (χ0n) is 16.6. The van der Waals surface area contributed by atoms with Crippen LogP contribution in [-0.4, -0.2) is 0 Å². The summed E-state index contributed by atoms with van der Waals surface area (Å²) in [4.78, 5) is 0. The Labute approximate surface area is 184 Å². The molecule has 2 nitrogen and oxygen atoms in total. The van der Waals surface area contributed by atoms with Gasteiger partial charge in [-0.25, -0.2) is 0 Å². The first kappa shape index (κ1) is 21.8. The molecule has 30 heavy (non-hydrogen) atoms. The number of rotatable bonds is 5. The molecule has 2 N–H and O–H groups in total. The summed E-state index contributed by atoms with van der Waals surface area (Å²) in [6.07, 6.45) is 0. The summed E-state index contributed by atoms with van der Waals surface area (Å²) < 4.78 is 0. The minimum absolute atomic E-state index is 0.566. The summed E-state index contributed by atoms with van der Waals surface area (Å²) in [7, 11) is -2.38. The molecule has 0 unspecified atom stereocenters. The molecule has 4 aromatic rings. The molecule has 0 fully saturated rings. The number of hydrogen-bond donors (Lipinski definition) is 2. The SMILES string of the molecule is N#CS.NCc1ccc([PH](c2ccccc2)(c2ccccc2)c2ccccc2)cc1. The Balaban J connectivity index is 0.000000806. The van der Waals surface area contributed by atoms with Crippen molar-refractivity contribution in [3.63, 3.8) is 0 Å². The van der Waals surface area contributed by atoms with Crippen LogP contribution in [0, 0.1) is 10.7 Å². The molecular weight excluding hydrogens is 403 g/mol. The Kier molecular flexibility index (Phi) is 7.82. The second-order valence-corrected chi connectivity index (χ2v) is 10.9. The van der Waals surface area contributed by atoms with Gasteiger partial charge in [-0.05, 0) is 0 Å². The first-order chi connectivity index (χ1) is 14.8. The fourth-order valence-corrected chi connectivity index (χ4v) is 8.70. The molecule has 4 rings (SSSR count). The van der Waals surface area contributed by atoms with Crippen LogP contribution in [0.25, 0.3) is 0 Å². The Morgan fingerprint density at radius 1 is 0.600 bits per heavy atom. The standard InChI is InChI=1S/C25H24NP.CHNS/c26-20-21-16-18-25(19-17-21)27(22-10-4-1-5-11-22,23-12-6-2-7-13-23)24-14-8-3-9-15-24;2-1-3/h1-19,27H,20,26H2;3H. The summed E-state index contributed by atoms with van der Waals surface area (Å²) in [5.41, 5.74) is 7.02. The number of nitrogens with zero attached hydrogens (tertiary/aromatic N) is 1. The van der Waals surface area contributed by atoms with E-state index in [2.05, 4.69) is 128 Å². The molecule has 0 amide bonds. The van der Waals surface area contributed by atoms with E-state index in [-0.39, 0.29) is 0 Å². The maximum absolute atomic E-state index is 7.18. The molecular formula is C26H25N2PS. The summed E-state index contributed by atoms with van der Waals surface area (Å²) in [5.74, 6) is 0. The van der Waals surface area contributed by atoms with Gasteiger partial charge in [-0.3, -0.25) is 0 Å². The van der Waals surface area contributed by atoms with E-state index in [0.29, 0.717) is 6.54 Å². The molecule has 0 saturated carbocycles. The van der Waals surface area contributed by atoms with Crippen molar-refractivity contribution in [2.24, 2.45) is 5.73 Å². The minimum atomic E-state index is -2.38. The van der Waals surface area contributed by atoms with E-state index in [1.807, 2.05) is 0 Å². The van der Waals surface area contributed by atoms with Crippen LogP contribution in [0.4, 0.5) is 0 Å². The van der Waals surface area contributed by atoms with Gasteiger partial charge in [0.15, 0.2) is 0 Å². The third kappa shape index (κ3) is 4.48. The number of thiocyanates is 1. The second kappa shape index (κ2) is 10.8. The van der Waals surface area contributed by atoms with Gasteiger partial charge in [0.05, 0.1) is 0 Å². The van der Waals surface area contributed by atoms with Crippen LogP contribution >= 0.6 is 19.9 Å². The summed E-state index contributed by atoms with van der Waals surface area (Å²) in [6.45, 7) is 0.566. The van der Waals surface area contributed by atoms with Crippen LogP contribution < -0.4 is 27.0 Å². The summed E-state index contributed by atoms with van der Waals surface area (Å²) >= 11 is 3.09. The average molecular weight is 429 g/mol. The van der Waals surface area contributed by atoms with Crippen molar-refractivity contribution in [1.82, 2.24) is 0 Å². The molecule has 0 atom stereocenters. The van der Waals surface area contributed by atoms with Gasteiger partial charge in [0.2, 0.25) is 0 Å². The predicted molar refractivity (Wildman–Crippen MR) is 135 cm³/mol. The zero-order valence-corrected chi connectivity index (χ0v) is 18.5. The van der Waals surface area contributed by atoms with Crippen molar-refractivity contribution in [2.45, 2.75) is 6.54 Å². The molecule has 0 aliphatic heterocycles. The first-order valence-corrected chi connectivity index (χ1v) is 12.2. The summed E-state index contributed by atoms with van der Waals surface area (Å²) in [5, 5.41) is 14.2. The molecule has 0 radical (unpaired) electrons. The average Bonchev–Trinajstić information content (AvgIpc) is 2.83. The van der Waals surface area contributed by atoms with Gasteiger partial charge < -0.3 is 0 Å².